The average Bonchev–Trinajstić information content (AvgIpc) is 3.23. The van der Waals surface area contributed by atoms with Crippen molar-refractivity contribution in [2.45, 2.75) is 6.92 Å². The molecular formula is C18H13FN4O3. The number of nitrogens with one attached hydrogen (secondary N) is 3. The molecule has 0 saturated heterocycles. The van der Waals surface area contributed by atoms with E-state index in [1.807, 2.05) is 0 Å². The van der Waals surface area contributed by atoms with Crippen LogP contribution in [0.3, 0.4) is 0 Å². The Labute approximate surface area is 145 Å². The molecule has 2 aromatic carbocycles. The number of carbonyl (C=O) groups excluding carboxylic acids is 1. The zero-order chi connectivity index (χ0) is 18.3. The lowest BCUT2D eigenvalue weighted by Gasteiger charge is -2.02. The van der Waals surface area contributed by atoms with Crippen LogP contribution >= 0.6 is 0 Å². The lowest BCUT2D eigenvalue weighted by molar-refractivity contribution is 0.102. The largest absolute Gasteiger partial charge is 0.417 e. The third kappa shape index (κ3) is 2.88. The fourth-order valence-electron chi connectivity index (χ4n) is 2.61. The van der Waals surface area contributed by atoms with Gasteiger partial charge in [-0.25, -0.2) is 9.18 Å². The topological polar surface area (TPSA) is 104 Å². The fraction of sp³-hybridized carbons (Fsp3) is 0.0556. The number of halogens is 1. The standard InChI is InChI=1S/C18H13FN4O3/c1-9-6-10(2-4-12(9)19)14-8-15(23-22-14)17(24)20-11-3-5-13-16(7-11)26-18(25)21-13/h2-8H,1H3,(H,20,24)(H,21,25)(H,22,23). The van der Waals surface area contributed by atoms with E-state index in [1.165, 1.54) is 6.07 Å². The molecule has 0 fully saturated rings. The smallest absolute Gasteiger partial charge is 0.408 e. The van der Waals surface area contributed by atoms with Crippen LogP contribution in [0.4, 0.5) is 10.1 Å². The van der Waals surface area contributed by atoms with Crippen molar-refractivity contribution < 1.29 is 13.6 Å². The van der Waals surface area contributed by atoms with Crippen molar-refractivity contribution in [1.29, 1.82) is 0 Å². The number of rotatable bonds is 3. The van der Waals surface area contributed by atoms with E-state index in [4.69, 9.17) is 4.42 Å². The molecule has 0 aliphatic heterocycles. The van der Waals surface area contributed by atoms with E-state index in [9.17, 15) is 14.0 Å². The number of anilines is 1. The number of nitrogens with zero attached hydrogens (tertiary/aromatic N) is 1. The van der Waals surface area contributed by atoms with Crippen LogP contribution in [0.1, 0.15) is 16.1 Å². The Morgan fingerprint density at radius 1 is 1.19 bits per heavy atom. The molecular weight excluding hydrogens is 339 g/mol. The molecule has 0 aliphatic carbocycles. The second-order valence-corrected chi connectivity index (χ2v) is 5.81. The molecule has 8 heteroatoms. The van der Waals surface area contributed by atoms with Crippen LogP contribution in [0, 0.1) is 12.7 Å². The number of aromatic nitrogens is 3. The molecule has 0 atom stereocenters. The molecule has 3 N–H and O–H groups in total. The van der Waals surface area contributed by atoms with Gasteiger partial charge in [-0.05, 0) is 48.9 Å². The summed E-state index contributed by atoms with van der Waals surface area (Å²) in [6, 6.07) is 11.0. The molecule has 1 amide bonds. The van der Waals surface area contributed by atoms with Crippen LogP contribution in [0.2, 0.25) is 0 Å². The lowest BCUT2D eigenvalue weighted by atomic mass is 10.1. The van der Waals surface area contributed by atoms with Gasteiger partial charge in [0.25, 0.3) is 5.91 Å². The van der Waals surface area contributed by atoms with Crippen molar-refractivity contribution in [3.05, 3.63) is 70.1 Å². The highest BCUT2D eigenvalue weighted by Gasteiger charge is 2.13. The summed E-state index contributed by atoms with van der Waals surface area (Å²) in [7, 11) is 0. The summed E-state index contributed by atoms with van der Waals surface area (Å²) in [5.41, 5.74) is 3.35. The third-order valence-electron chi connectivity index (χ3n) is 3.96. The highest BCUT2D eigenvalue weighted by Crippen LogP contribution is 2.21. The number of hydrogen-bond acceptors (Lipinski definition) is 4. The summed E-state index contributed by atoms with van der Waals surface area (Å²) in [6.07, 6.45) is 0. The molecule has 4 rings (SSSR count). The number of amides is 1. The molecule has 2 aromatic heterocycles. The Morgan fingerprint density at radius 3 is 2.85 bits per heavy atom. The Balaban J connectivity index is 1.57. The Bertz CT molecular complexity index is 1190. The first-order valence-electron chi connectivity index (χ1n) is 7.76. The molecule has 4 aromatic rings. The SMILES string of the molecule is Cc1cc(-c2cc(C(=O)Nc3ccc4[nH]c(=O)oc4c3)[nH]n2)ccc1F. The highest BCUT2D eigenvalue weighted by molar-refractivity contribution is 6.04. The van der Waals surface area contributed by atoms with Crippen molar-refractivity contribution in [3.63, 3.8) is 0 Å². The maximum Gasteiger partial charge on any atom is 0.417 e. The first-order chi connectivity index (χ1) is 12.5. The summed E-state index contributed by atoms with van der Waals surface area (Å²) in [6.45, 7) is 1.66. The number of H-pyrrole nitrogens is 2. The minimum atomic E-state index is -0.559. The van der Waals surface area contributed by atoms with Crippen molar-refractivity contribution in [2.24, 2.45) is 0 Å². The van der Waals surface area contributed by atoms with E-state index in [0.717, 1.165) is 0 Å². The monoisotopic (exact) mass is 352 g/mol. The summed E-state index contributed by atoms with van der Waals surface area (Å²) in [4.78, 5) is 26.1. The molecule has 0 saturated carbocycles. The van der Waals surface area contributed by atoms with Crippen LogP contribution < -0.4 is 11.1 Å². The van der Waals surface area contributed by atoms with E-state index in [2.05, 4.69) is 20.5 Å². The number of aromatic amines is 2. The van der Waals surface area contributed by atoms with Gasteiger partial charge in [-0.2, -0.15) is 5.10 Å². The minimum Gasteiger partial charge on any atom is -0.408 e. The van der Waals surface area contributed by atoms with Crippen LogP contribution in [0.25, 0.3) is 22.4 Å². The second kappa shape index (κ2) is 5.99. The van der Waals surface area contributed by atoms with E-state index in [0.29, 0.717) is 33.6 Å². The first-order valence-corrected chi connectivity index (χ1v) is 7.76. The van der Waals surface area contributed by atoms with Gasteiger partial charge in [0, 0.05) is 17.3 Å². The Kier molecular flexibility index (Phi) is 3.65. The normalized spacial score (nSPS) is 11.0. The zero-order valence-corrected chi connectivity index (χ0v) is 13.6. The van der Waals surface area contributed by atoms with E-state index in [1.54, 1.807) is 43.3 Å². The highest BCUT2D eigenvalue weighted by atomic mass is 19.1. The van der Waals surface area contributed by atoms with Crippen molar-refractivity contribution in [3.8, 4) is 11.3 Å². The summed E-state index contributed by atoms with van der Waals surface area (Å²) in [5, 5.41) is 9.46. The van der Waals surface area contributed by atoms with Gasteiger partial charge in [0.1, 0.15) is 11.5 Å². The van der Waals surface area contributed by atoms with Crippen LogP contribution in [-0.2, 0) is 0 Å². The van der Waals surface area contributed by atoms with E-state index < -0.39 is 11.7 Å². The Morgan fingerprint density at radius 2 is 2.04 bits per heavy atom. The summed E-state index contributed by atoms with van der Waals surface area (Å²) < 4.78 is 18.3. The molecule has 26 heavy (non-hydrogen) atoms. The number of aryl methyl sites for hydroxylation is 1. The summed E-state index contributed by atoms with van der Waals surface area (Å²) in [5.74, 6) is -1.26. The van der Waals surface area contributed by atoms with Crippen molar-refractivity contribution >= 4 is 22.7 Å². The van der Waals surface area contributed by atoms with Crippen molar-refractivity contribution in [1.82, 2.24) is 15.2 Å². The predicted molar refractivity (Wildman–Crippen MR) is 93.5 cm³/mol. The predicted octanol–water partition coefficient (Wildman–Crippen LogP) is 3.21. The molecule has 7 nitrogen and oxygen atoms in total. The molecule has 0 bridgehead atoms. The number of fused-ring (bicyclic) bond motifs is 1. The molecule has 0 radical (unpaired) electrons. The maximum absolute atomic E-state index is 13.4. The van der Waals surface area contributed by atoms with E-state index >= 15 is 0 Å². The summed E-state index contributed by atoms with van der Waals surface area (Å²) >= 11 is 0. The van der Waals surface area contributed by atoms with Crippen molar-refractivity contribution in [2.75, 3.05) is 5.32 Å². The fourth-order valence-corrected chi connectivity index (χ4v) is 2.61. The lowest BCUT2D eigenvalue weighted by Crippen LogP contribution is -2.12. The molecule has 0 spiro atoms. The average molecular weight is 352 g/mol. The quantitative estimate of drug-likeness (QED) is 0.527. The molecule has 0 aliphatic rings. The number of carbonyl (C=O) groups is 1. The van der Waals surface area contributed by atoms with Gasteiger partial charge in [-0.1, -0.05) is 0 Å². The van der Waals surface area contributed by atoms with Gasteiger partial charge >= 0.3 is 5.76 Å². The Hall–Kier alpha value is -3.68. The minimum absolute atomic E-state index is 0.248. The van der Waals surface area contributed by atoms with Crippen LogP contribution in [0.15, 0.2) is 51.7 Å². The van der Waals surface area contributed by atoms with Crippen LogP contribution in [0.5, 0.6) is 0 Å². The number of oxazole rings is 1. The first kappa shape index (κ1) is 15.8. The van der Waals surface area contributed by atoms with E-state index in [-0.39, 0.29) is 11.5 Å². The number of benzene rings is 2. The van der Waals surface area contributed by atoms with Gasteiger partial charge in [0.2, 0.25) is 0 Å². The molecule has 0 unspecified atom stereocenters. The van der Waals surface area contributed by atoms with Gasteiger partial charge in [0.05, 0.1) is 11.2 Å². The van der Waals surface area contributed by atoms with Gasteiger partial charge in [-0.15, -0.1) is 0 Å². The maximum atomic E-state index is 13.4. The second-order valence-electron chi connectivity index (χ2n) is 5.81. The van der Waals surface area contributed by atoms with Gasteiger partial charge in [-0.3, -0.25) is 14.9 Å². The zero-order valence-electron chi connectivity index (χ0n) is 13.6. The van der Waals surface area contributed by atoms with Gasteiger partial charge in [0.15, 0.2) is 5.58 Å². The van der Waals surface area contributed by atoms with Crippen LogP contribution in [-0.4, -0.2) is 21.1 Å². The molecule has 130 valence electrons. The molecule has 2 heterocycles. The third-order valence-corrected chi connectivity index (χ3v) is 3.96. The van der Waals surface area contributed by atoms with Gasteiger partial charge < -0.3 is 9.73 Å². The number of hydrogen-bond donors (Lipinski definition) is 3.